The fourth-order valence-corrected chi connectivity index (χ4v) is 4.20. The lowest BCUT2D eigenvalue weighted by Gasteiger charge is -2.38. The Kier molecular flexibility index (Phi) is 4.78. The van der Waals surface area contributed by atoms with Crippen molar-refractivity contribution in [1.29, 1.82) is 0 Å². The molecule has 3 aliphatic rings. The molecule has 4 atom stereocenters. The average Bonchev–Trinajstić information content (AvgIpc) is 3.06. The molecule has 5 heteroatoms. The lowest BCUT2D eigenvalue weighted by molar-refractivity contribution is -0.137. The van der Waals surface area contributed by atoms with Crippen LogP contribution >= 0.6 is 0 Å². The van der Waals surface area contributed by atoms with Crippen molar-refractivity contribution in [3.63, 3.8) is 0 Å². The molecule has 0 aromatic heterocycles. The van der Waals surface area contributed by atoms with Gasteiger partial charge in [0.25, 0.3) is 5.91 Å². The molecule has 0 spiro atoms. The molecule has 0 aromatic rings. The smallest absolute Gasteiger partial charge is 0.267 e. The third-order valence-electron chi connectivity index (χ3n) is 5.44. The van der Waals surface area contributed by atoms with E-state index in [-0.39, 0.29) is 23.8 Å². The van der Waals surface area contributed by atoms with Gasteiger partial charge in [-0.3, -0.25) is 20.4 Å². The molecule has 1 aliphatic heterocycles. The minimum absolute atomic E-state index is 0.0228. The molecule has 4 unspecified atom stereocenters. The maximum Gasteiger partial charge on any atom is 0.267 e. The zero-order valence-corrected chi connectivity index (χ0v) is 12.6. The van der Waals surface area contributed by atoms with Crippen molar-refractivity contribution in [3.05, 3.63) is 0 Å². The van der Waals surface area contributed by atoms with E-state index in [1.54, 1.807) is 0 Å². The molecule has 3 fully saturated rings. The lowest BCUT2D eigenvalue weighted by Crippen LogP contribution is -2.49. The summed E-state index contributed by atoms with van der Waals surface area (Å²) in [5, 5.41) is 0. The fraction of sp³-hybridized carbons (Fsp3) is 0.875. The molecule has 118 valence electrons. The monoisotopic (exact) mass is 294 g/mol. The molecule has 2 saturated carbocycles. The maximum atomic E-state index is 12.2. The molecule has 2 amide bonds. The maximum absolute atomic E-state index is 12.2. The first-order valence-corrected chi connectivity index (χ1v) is 8.45. The molecule has 0 aromatic carbocycles. The first kappa shape index (κ1) is 14.8. The normalized spacial score (nSPS) is 35.8. The van der Waals surface area contributed by atoms with Crippen LogP contribution in [0, 0.1) is 17.8 Å². The molecular formula is C16H26N2O3. The number of rotatable bonds is 2. The molecule has 1 heterocycles. The zero-order chi connectivity index (χ0) is 14.7. The van der Waals surface area contributed by atoms with Gasteiger partial charge in [-0.25, -0.2) is 0 Å². The molecule has 0 bridgehead atoms. The van der Waals surface area contributed by atoms with Gasteiger partial charge >= 0.3 is 0 Å². The summed E-state index contributed by atoms with van der Waals surface area (Å²) < 4.78 is 5.30. The lowest BCUT2D eigenvalue weighted by atomic mass is 9.67. The number of ether oxygens (including phenoxy) is 1. The second-order valence-electron chi connectivity index (χ2n) is 6.79. The number of amides is 2. The number of hydrogen-bond donors (Lipinski definition) is 2. The van der Waals surface area contributed by atoms with Crippen LogP contribution in [-0.4, -0.2) is 24.5 Å². The van der Waals surface area contributed by atoms with Crippen molar-refractivity contribution >= 4 is 11.8 Å². The number of hydrogen-bond acceptors (Lipinski definition) is 3. The number of hydrazine groups is 1. The Morgan fingerprint density at radius 3 is 2.33 bits per heavy atom. The van der Waals surface area contributed by atoms with Gasteiger partial charge in [0.2, 0.25) is 5.91 Å². The molecule has 2 aliphatic carbocycles. The Balaban J connectivity index is 1.43. The first-order valence-electron chi connectivity index (χ1n) is 8.45. The molecule has 5 nitrogen and oxygen atoms in total. The number of fused-ring (bicyclic) bond motifs is 1. The van der Waals surface area contributed by atoms with Crippen LogP contribution in [0.1, 0.15) is 57.8 Å². The van der Waals surface area contributed by atoms with Crippen LogP contribution in [0.3, 0.4) is 0 Å². The van der Waals surface area contributed by atoms with Crippen LogP contribution in [-0.2, 0) is 14.3 Å². The Bertz CT molecular complexity index is 393. The molecule has 2 N–H and O–H groups in total. The van der Waals surface area contributed by atoms with E-state index in [9.17, 15) is 9.59 Å². The summed E-state index contributed by atoms with van der Waals surface area (Å²) in [6.07, 6.45) is 9.68. The van der Waals surface area contributed by atoms with Crippen molar-refractivity contribution in [2.75, 3.05) is 6.61 Å². The van der Waals surface area contributed by atoms with Crippen molar-refractivity contribution in [1.82, 2.24) is 10.9 Å². The van der Waals surface area contributed by atoms with E-state index in [0.717, 1.165) is 37.5 Å². The Morgan fingerprint density at radius 1 is 0.810 bits per heavy atom. The first-order chi connectivity index (χ1) is 10.2. The van der Waals surface area contributed by atoms with Crippen molar-refractivity contribution in [2.24, 2.45) is 17.8 Å². The molecular weight excluding hydrogens is 268 g/mol. The van der Waals surface area contributed by atoms with E-state index < -0.39 is 0 Å². The van der Waals surface area contributed by atoms with E-state index in [2.05, 4.69) is 10.9 Å². The Hall–Kier alpha value is -1.10. The molecule has 0 radical (unpaired) electrons. The highest BCUT2D eigenvalue weighted by Gasteiger charge is 2.35. The Labute approximate surface area is 126 Å². The van der Waals surface area contributed by atoms with Gasteiger partial charge in [-0.05, 0) is 43.9 Å². The summed E-state index contributed by atoms with van der Waals surface area (Å²) in [6, 6.07) is 0. The highest BCUT2D eigenvalue weighted by molar-refractivity contribution is 5.85. The van der Waals surface area contributed by atoms with E-state index in [1.165, 1.54) is 32.1 Å². The van der Waals surface area contributed by atoms with E-state index in [4.69, 9.17) is 4.74 Å². The summed E-state index contributed by atoms with van der Waals surface area (Å²) >= 11 is 0. The van der Waals surface area contributed by atoms with Crippen molar-refractivity contribution < 1.29 is 14.3 Å². The SMILES string of the molecule is O=C(NNC(=O)C1CCCO1)C1CCC2CCCCC2C1. The van der Waals surface area contributed by atoms with E-state index in [1.807, 2.05) is 0 Å². The predicted molar refractivity (Wildman–Crippen MR) is 78.0 cm³/mol. The molecule has 3 rings (SSSR count). The van der Waals surface area contributed by atoms with Gasteiger partial charge in [-0.15, -0.1) is 0 Å². The van der Waals surface area contributed by atoms with Gasteiger partial charge in [0.05, 0.1) is 0 Å². The molecule has 21 heavy (non-hydrogen) atoms. The van der Waals surface area contributed by atoms with Gasteiger partial charge in [0, 0.05) is 12.5 Å². The molecule has 1 saturated heterocycles. The number of carbonyl (C=O) groups is 2. The summed E-state index contributed by atoms with van der Waals surface area (Å²) in [4.78, 5) is 24.0. The van der Waals surface area contributed by atoms with Gasteiger partial charge in [-0.1, -0.05) is 25.7 Å². The Morgan fingerprint density at radius 2 is 1.57 bits per heavy atom. The zero-order valence-electron chi connectivity index (χ0n) is 12.6. The third kappa shape index (κ3) is 3.57. The van der Waals surface area contributed by atoms with Crippen LogP contribution in [0.2, 0.25) is 0 Å². The van der Waals surface area contributed by atoms with Crippen LogP contribution in [0.15, 0.2) is 0 Å². The largest absolute Gasteiger partial charge is 0.368 e. The fourth-order valence-electron chi connectivity index (χ4n) is 4.20. The topological polar surface area (TPSA) is 67.4 Å². The second-order valence-corrected chi connectivity index (χ2v) is 6.79. The average molecular weight is 294 g/mol. The van der Waals surface area contributed by atoms with Crippen LogP contribution < -0.4 is 10.9 Å². The summed E-state index contributed by atoms with van der Waals surface area (Å²) in [5.74, 6) is 1.38. The van der Waals surface area contributed by atoms with E-state index >= 15 is 0 Å². The summed E-state index contributed by atoms with van der Waals surface area (Å²) in [6.45, 7) is 0.637. The minimum Gasteiger partial charge on any atom is -0.368 e. The van der Waals surface area contributed by atoms with Gasteiger partial charge in [0.15, 0.2) is 0 Å². The van der Waals surface area contributed by atoms with Crippen LogP contribution in [0.5, 0.6) is 0 Å². The van der Waals surface area contributed by atoms with Gasteiger partial charge in [0.1, 0.15) is 6.10 Å². The number of carbonyl (C=O) groups excluding carboxylic acids is 2. The summed E-state index contributed by atoms with van der Waals surface area (Å²) in [5.41, 5.74) is 5.14. The number of nitrogens with one attached hydrogen (secondary N) is 2. The standard InChI is InChI=1S/C16H26N2O3/c19-15(17-18-16(20)14-6-3-9-21-14)13-8-7-11-4-1-2-5-12(11)10-13/h11-14H,1-10H2,(H,17,19)(H,18,20). The predicted octanol–water partition coefficient (Wildman–Crippen LogP) is 1.92. The third-order valence-corrected chi connectivity index (χ3v) is 5.44. The van der Waals surface area contributed by atoms with Crippen LogP contribution in [0.25, 0.3) is 0 Å². The summed E-state index contributed by atoms with van der Waals surface area (Å²) in [7, 11) is 0. The second kappa shape index (κ2) is 6.77. The highest BCUT2D eigenvalue weighted by Crippen LogP contribution is 2.42. The van der Waals surface area contributed by atoms with Crippen molar-refractivity contribution in [3.8, 4) is 0 Å². The van der Waals surface area contributed by atoms with Gasteiger partial charge in [-0.2, -0.15) is 0 Å². The van der Waals surface area contributed by atoms with E-state index in [0.29, 0.717) is 6.61 Å². The minimum atomic E-state index is -0.389. The van der Waals surface area contributed by atoms with Gasteiger partial charge < -0.3 is 4.74 Å². The van der Waals surface area contributed by atoms with Crippen LogP contribution in [0.4, 0.5) is 0 Å². The van der Waals surface area contributed by atoms with Crippen molar-refractivity contribution in [2.45, 2.75) is 63.9 Å². The quantitative estimate of drug-likeness (QED) is 0.765. The highest BCUT2D eigenvalue weighted by atomic mass is 16.5.